The van der Waals surface area contributed by atoms with Gasteiger partial charge in [-0.25, -0.2) is 0 Å². The van der Waals surface area contributed by atoms with E-state index < -0.39 is 0 Å². The summed E-state index contributed by atoms with van der Waals surface area (Å²) in [6.45, 7) is 5.65. The van der Waals surface area contributed by atoms with Crippen LogP contribution in [0.15, 0.2) is 72.8 Å². The Balaban J connectivity index is 0.00000320. The first-order valence-electron chi connectivity index (χ1n) is 10.3. The molecule has 0 aliphatic heterocycles. The lowest BCUT2D eigenvalue weighted by Gasteiger charge is -2.19. The van der Waals surface area contributed by atoms with Crippen molar-refractivity contribution >= 4 is 12.4 Å². The fourth-order valence-electron chi connectivity index (χ4n) is 3.47. The number of nitrogens with one attached hydrogen (secondary N) is 1. The summed E-state index contributed by atoms with van der Waals surface area (Å²) >= 11 is 0. The van der Waals surface area contributed by atoms with Gasteiger partial charge in [-0.3, -0.25) is 0 Å². The van der Waals surface area contributed by atoms with E-state index in [4.69, 9.17) is 9.47 Å². The molecule has 30 heavy (non-hydrogen) atoms. The maximum absolute atomic E-state index is 6.04. The normalized spacial score (nSPS) is 11.4. The van der Waals surface area contributed by atoms with Crippen LogP contribution in [0.25, 0.3) is 0 Å². The first-order valence-corrected chi connectivity index (χ1v) is 10.3. The van der Waals surface area contributed by atoms with E-state index in [9.17, 15) is 0 Å². The largest absolute Gasteiger partial charge is 0.493 e. The Morgan fingerprint density at radius 3 is 2.33 bits per heavy atom. The van der Waals surface area contributed by atoms with Gasteiger partial charge in [0.25, 0.3) is 0 Å². The van der Waals surface area contributed by atoms with E-state index in [1.165, 1.54) is 22.3 Å². The molecule has 0 aliphatic rings. The van der Waals surface area contributed by atoms with Crippen LogP contribution in [0, 0.1) is 6.92 Å². The molecule has 0 aliphatic carbocycles. The van der Waals surface area contributed by atoms with Crippen LogP contribution in [0.1, 0.15) is 48.1 Å². The Hall–Kier alpha value is -2.49. The molecule has 0 saturated heterocycles. The van der Waals surface area contributed by atoms with Gasteiger partial charge in [0.2, 0.25) is 0 Å². The summed E-state index contributed by atoms with van der Waals surface area (Å²) in [5, 5.41) is 3.69. The molecule has 0 heterocycles. The number of rotatable bonds is 10. The van der Waals surface area contributed by atoms with Crippen molar-refractivity contribution in [1.29, 1.82) is 0 Å². The number of benzene rings is 3. The molecule has 0 radical (unpaired) electrons. The van der Waals surface area contributed by atoms with Crippen LogP contribution in [0.3, 0.4) is 0 Å². The van der Waals surface area contributed by atoms with Gasteiger partial charge >= 0.3 is 0 Å². The molecule has 0 amide bonds. The Kier molecular flexibility index (Phi) is 9.72. The van der Waals surface area contributed by atoms with Gasteiger partial charge in [-0.05, 0) is 47.7 Å². The molecule has 0 fully saturated rings. The number of halogens is 1. The second-order valence-electron chi connectivity index (χ2n) is 7.33. The smallest absolute Gasteiger partial charge is 0.161 e. The maximum Gasteiger partial charge on any atom is 0.161 e. The van der Waals surface area contributed by atoms with Crippen molar-refractivity contribution in [2.75, 3.05) is 7.11 Å². The van der Waals surface area contributed by atoms with Crippen LogP contribution in [-0.4, -0.2) is 7.11 Å². The van der Waals surface area contributed by atoms with Crippen molar-refractivity contribution in [3.63, 3.8) is 0 Å². The average molecular weight is 426 g/mol. The Bertz CT molecular complexity index is 899. The van der Waals surface area contributed by atoms with E-state index in [1.807, 2.05) is 18.2 Å². The molecule has 3 nitrogen and oxygen atoms in total. The van der Waals surface area contributed by atoms with Gasteiger partial charge in [-0.15, -0.1) is 12.4 Å². The summed E-state index contributed by atoms with van der Waals surface area (Å²) in [6, 6.07) is 25.5. The fraction of sp³-hybridized carbons (Fsp3) is 0.308. The van der Waals surface area contributed by atoms with Crippen LogP contribution in [0.4, 0.5) is 0 Å². The highest BCUT2D eigenvalue weighted by atomic mass is 35.5. The van der Waals surface area contributed by atoms with Crippen molar-refractivity contribution in [2.45, 2.75) is 45.9 Å². The van der Waals surface area contributed by atoms with Crippen molar-refractivity contribution in [1.82, 2.24) is 5.32 Å². The Morgan fingerprint density at radius 2 is 1.63 bits per heavy atom. The summed E-state index contributed by atoms with van der Waals surface area (Å²) in [7, 11) is 1.69. The zero-order valence-corrected chi connectivity index (χ0v) is 18.9. The average Bonchev–Trinajstić information content (AvgIpc) is 2.77. The molecule has 160 valence electrons. The minimum Gasteiger partial charge on any atom is -0.493 e. The van der Waals surface area contributed by atoms with E-state index >= 15 is 0 Å². The number of hydrogen-bond donors (Lipinski definition) is 1. The van der Waals surface area contributed by atoms with Crippen LogP contribution in [0.2, 0.25) is 0 Å². The molecule has 3 rings (SSSR count). The molecule has 3 aromatic rings. The zero-order valence-electron chi connectivity index (χ0n) is 18.1. The topological polar surface area (TPSA) is 30.5 Å². The van der Waals surface area contributed by atoms with Crippen molar-refractivity contribution in [3.8, 4) is 11.5 Å². The van der Waals surface area contributed by atoms with Gasteiger partial charge in [0.1, 0.15) is 6.61 Å². The monoisotopic (exact) mass is 425 g/mol. The number of aryl methyl sites for hydroxylation is 1. The molecule has 0 spiro atoms. The van der Waals surface area contributed by atoms with Crippen LogP contribution < -0.4 is 14.8 Å². The second kappa shape index (κ2) is 12.3. The number of methoxy groups -OCH3 is 1. The molecule has 1 N–H and O–H groups in total. The fourth-order valence-corrected chi connectivity index (χ4v) is 3.47. The molecule has 0 saturated carbocycles. The maximum atomic E-state index is 6.04. The summed E-state index contributed by atoms with van der Waals surface area (Å²) < 4.78 is 11.6. The van der Waals surface area contributed by atoms with Gasteiger partial charge in [0.05, 0.1) is 7.11 Å². The van der Waals surface area contributed by atoms with Gasteiger partial charge in [0, 0.05) is 12.6 Å². The highest BCUT2D eigenvalue weighted by Crippen LogP contribution is 2.29. The summed E-state index contributed by atoms with van der Waals surface area (Å²) in [5.74, 6) is 1.54. The molecule has 1 atom stereocenters. The molecular formula is C26H32ClNO2. The van der Waals surface area contributed by atoms with Gasteiger partial charge < -0.3 is 14.8 Å². The van der Waals surface area contributed by atoms with Crippen molar-refractivity contribution in [3.05, 3.63) is 95.1 Å². The standard InChI is InChI=1S/C26H31NO2.ClH/c1-4-10-24(22-12-6-5-7-13-22)27-18-21-15-16-25(26(17-21)28-3)29-19-23-14-9-8-11-20(23)2;/h5-9,11-17,24,27H,4,10,18-19H2,1-3H3;1H. The summed E-state index contributed by atoms with van der Waals surface area (Å²) in [6.07, 6.45) is 2.25. The van der Waals surface area contributed by atoms with Crippen molar-refractivity contribution < 1.29 is 9.47 Å². The molecule has 3 aromatic carbocycles. The highest BCUT2D eigenvalue weighted by molar-refractivity contribution is 5.85. The third-order valence-corrected chi connectivity index (χ3v) is 5.20. The van der Waals surface area contributed by atoms with E-state index in [0.717, 1.165) is 30.9 Å². The van der Waals surface area contributed by atoms with Crippen LogP contribution in [-0.2, 0) is 13.2 Å². The first-order chi connectivity index (χ1) is 14.2. The lowest BCUT2D eigenvalue weighted by Crippen LogP contribution is -2.20. The molecular weight excluding hydrogens is 394 g/mol. The predicted octanol–water partition coefficient (Wildman–Crippen LogP) is 6.64. The van der Waals surface area contributed by atoms with Gasteiger partial charge in [0.15, 0.2) is 11.5 Å². The third-order valence-electron chi connectivity index (χ3n) is 5.20. The Morgan fingerprint density at radius 1 is 0.900 bits per heavy atom. The molecule has 0 bridgehead atoms. The van der Waals surface area contributed by atoms with Gasteiger partial charge in [-0.2, -0.15) is 0 Å². The highest BCUT2D eigenvalue weighted by Gasteiger charge is 2.11. The second-order valence-corrected chi connectivity index (χ2v) is 7.33. The van der Waals surface area contributed by atoms with E-state index in [-0.39, 0.29) is 12.4 Å². The molecule has 1 unspecified atom stereocenters. The zero-order chi connectivity index (χ0) is 20.5. The quantitative estimate of drug-likeness (QED) is 0.395. The minimum absolute atomic E-state index is 0. The minimum atomic E-state index is 0. The predicted molar refractivity (Wildman–Crippen MR) is 127 cm³/mol. The lowest BCUT2D eigenvalue weighted by atomic mass is 10.0. The number of hydrogen-bond acceptors (Lipinski definition) is 3. The van der Waals surface area contributed by atoms with E-state index in [2.05, 4.69) is 73.8 Å². The van der Waals surface area contributed by atoms with E-state index in [0.29, 0.717) is 12.6 Å². The van der Waals surface area contributed by atoms with Crippen molar-refractivity contribution in [2.24, 2.45) is 0 Å². The van der Waals surface area contributed by atoms with Gasteiger partial charge in [-0.1, -0.05) is 74.0 Å². The lowest BCUT2D eigenvalue weighted by molar-refractivity contribution is 0.283. The number of ether oxygens (including phenoxy) is 2. The molecule has 0 aromatic heterocycles. The molecule has 4 heteroatoms. The summed E-state index contributed by atoms with van der Waals surface area (Å²) in [5.41, 5.74) is 4.93. The third kappa shape index (κ3) is 6.51. The first kappa shape index (κ1) is 23.8. The van der Waals surface area contributed by atoms with Crippen LogP contribution >= 0.6 is 12.4 Å². The van der Waals surface area contributed by atoms with Crippen LogP contribution in [0.5, 0.6) is 11.5 Å². The SMILES string of the molecule is CCCC(NCc1ccc(OCc2ccccc2C)c(OC)c1)c1ccccc1.Cl. The van der Waals surface area contributed by atoms with E-state index in [1.54, 1.807) is 7.11 Å². The summed E-state index contributed by atoms with van der Waals surface area (Å²) in [4.78, 5) is 0. The Labute approximate surface area is 186 Å².